The molecular formula is C22H25FN4O3. The number of fused-ring (bicyclic) bond motifs is 1. The van der Waals surface area contributed by atoms with E-state index in [0.29, 0.717) is 38.2 Å². The van der Waals surface area contributed by atoms with Crippen LogP contribution in [0.1, 0.15) is 34.8 Å². The highest BCUT2D eigenvalue weighted by atomic mass is 19.1. The van der Waals surface area contributed by atoms with Crippen LogP contribution in [0.2, 0.25) is 0 Å². The third-order valence-corrected chi connectivity index (χ3v) is 6.45. The normalized spacial score (nSPS) is 28.6. The number of benzene rings is 1. The van der Waals surface area contributed by atoms with E-state index < -0.39 is 12.0 Å². The number of amides is 1. The summed E-state index contributed by atoms with van der Waals surface area (Å²) in [6.45, 7) is 4.47. The van der Waals surface area contributed by atoms with Crippen molar-refractivity contribution in [3.8, 4) is 0 Å². The number of carbonyl (C=O) groups excluding carboxylic acids is 1. The van der Waals surface area contributed by atoms with Gasteiger partial charge in [0.25, 0.3) is 5.91 Å². The number of hydrogen-bond acceptors (Lipinski definition) is 6. The van der Waals surface area contributed by atoms with Gasteiger partial charge in [0.2, 0.25) is 6.41 Å². The first-order valence-electron chi connectivity index (χ1n) is 10.3. The minimum atomic E-state index is -0.873. The molecule has 0 spiro atoms. The molecule has 158 valence electrons. The molecule has 3 aliphatic rings. The van der Waals surface area contributed by atoms with Crippen molar-refractivity contribution in [2.75, 3.05) is 31.6 Å². The fraction of sp³-hybridized carbons (Fsp3) is 0.455. The second kappa shape index (κ2) is 7.30. The van der Waals surface area contributed by atoms with Crippen LogP contribution >= 0.6 is 0 Å². The van der Waals surface area contributed by atoms with Gasteiger partial charge in [-0.15, -0.1) is 0 Å². The summed E-state index contributed by atoms with van der Waals surface area (Å²) in [6.07, 6.45) is 2.23. The van der Waals surface area contributed by atoms with Gasteiger partial charge in [-0.2, -0.15) is 0 Å². The summed E-state index contributed by atoms with van der Waals surface area (Å²) < 4.78 is 18.5. The number of hydrogen-bond donors (Lipinski definition) is 2. The van der Waals surface area contributed by atoms with Gasteiger partial charge in [0.05, 0.1) is 17.7 Å². The minimum absolute atomic E-state index is 0.0437. The fourth-order valence-corrected chi connectivity index (χ4v) is 4.77. The predicted molar refractivity (Wildman–Crippen MR) is 108 cm³/mol. The zero-order valence-corrected chi connectivity index (χ0v) is 16.8. The Morgan fingerprint density at radius 1 is 1.33 bits per heavy atom. The highest BCUT2D eigenvalue weighted by Crippen LogP contribution is 2.38. The third kappa shape index (κ3) is 3.34. The van der Waals surface area contributed by atoms with Gasteiger partial charge in [0.15, 0.2) is 0 Å². The number of aromatic nitrogens is 1. The van der Waals surface area contributed by atoms with E-state index in [2.05, 4.69) is 17.2 Å². The third-order valence-electron chi connectivity index (χ3n) is 6.45. The molecule has 3 atom stereocenters. The minimum Gasteiger partial charge on any atom is -0.360 e. The van der Waals surface area contributed by atoms with E-state index in [0.717, 1.165) is 23.4 Å². The molecule has 30 heavy (non-hydrogen) atoms. The zero-order valence-electron chi connectivity index (χ0n) is 16.8. The summed E-state index contributed by atoms with van der Waals surface area (Å²) in [4.78, 5) is 21.3. The number of rotatable bonds is 3. The summed E-state index contributed by atoms with van der Waals surface area (Å²) in [6, 6.07) is 8.49. The Hall–Kier alpha value is -2.55. The van der Waals surface area contributed by atoms with Crippen LogP contribution < -0.4 is 5.32 Å². The SMILES string of the molecule is CC1(c2ccc(F)cc2)Cc2cc(C(=O)N3CC[C@H](N4CCOC4O)C3)cnc2N1. The molecule has 2 N–H and O–H groups in total. The van der Waals surface area contributed by atoms with Gasteiger partial charge in [-0.25, -0.2) is 14.3 Å². The molecular weight excluding hydrogens is 387 g/mol. The monoisotopic (exact) mass is 412 g/mol. The molecule has 2 fully saturated rings. The number of nitrogens with zero attached hydrogens (tertiary/aromatic N) is 3. The van der Waals surface area contributed by atoms with E-state index in [4.69, 9.17) is 4.74 Å². The molecule has 8 heteroatoms. The quantitative estimate of drug-likeness (QED) is 0.802. The largest absolute Gasteiger partial charge is 0.360 e. The first-order chi connectivity index (χ1) is 14.4. The maximum Gasteiger partial charge on any atom is 0.255 e. The van der Waals surface area contributed by atoms with E-state index in [-0.39, 0.29) is 17.8 Å². The van der Waals surface area contributed by atoms with Crippen molar-refractivity contribution in [1.82, 2.24) is 14.8 Å². The van der Waals surface area contributed by atoms with E-state index in [1.807, 2.05) is 15.9 Å². The average Bonchev–Trinajstić information content (AvgIpc) is 3.45. The zero-order chi connectivity index (χ0) is 20.9. The first kappa shape index (κ1) is 19.4. The maximum absolute atomic E-state index is 13.3. The van der Waals surface area contributed by atoms with Gasteiger partial charge in [-0.1, -0.05) is 12.1 Å². The lowest BCUT2D eigenvalue weighted by atomic mass is 9.89. The van der Waals surface area contributed by atoms with Crippen LogP contribution in [0.3, 0.4) is 0 Å². The lowest BCUT2D eigenvalue weighted by molar-refractivity contribution is -0.143. The van der Waals surface area contributed by atoms with E-state index >= 15 is 0 Å². The Balaban J connectivity index is 1.30. The smallest absolute Gasteiger partial charge is 0.255 e. The molecule has 0 saturated carbocycles. The lowest BCUT2D eigenvalue weighted by Crippen LogP contribution is -2.42. The number of aliphatic hydroxyl groups excluding tert-OH is 1. The number of carbonyl (C=O) groups is 1. The van der Waals surface area contributed by atoms with E-state index in [9.17, 15) is 14.3 Å². The number of halogens is 1. The van der Waals surface area contributed by atoms with Gasteiger partial charge in [-0.3, -0.25) is 4.79 Å². The molecule has 1 aromatic carbocycles. The van der Waals surface area contributed by atoms with Gasteiger partial charge in [-0.05, 0) is 42.7 Å². The Kier molecular flexibility index (Phi) is 4.72. The van der Waals surface area contributed by atoms with Crippen LogP contribution in [-0.4, -0.2) is 64.5 Å². The van der Waals surface area contributed by atoms with Crippen molar-refractivity contribution >= 4 is 11.7 Å². The topological polar surface area (TPSA) is 77.9 Å². The molecule has 3 aliphatic heterocycles. The molecule has 7 nitrogen and oxygen atoms in total. The summed E-state index contributed by atoms with van der Waals surface area (Å²) in [5.74, 6) is 0.452. The second-order valence-electron chi connectivity index (χ2n) is 8.50. The summed E-state index contributed by atoms with van der Waals surface area (Å²) in [5, 5.41) is 13.3. The van der Waals surface area contributed by atoms with Crippen molar-refractivity contribution in [2.24, 2.45) is 0 Å². The molecule has 0 bridgehead atoms. The molecule has 2 saturated heterocycles. The highest BCUT2D eigenvalue weighted by molar-refractivity contribution is 5.94. The number of anilines is 1. The molecule has 1 aromatic heterocycles. The van der Waals surface area contributed by atoms with Gasteiger partial charge in [0, 0.05) is 38.3 Å². The second-order valence-corrected chi connectivity index (χ2v) is 8.50. The summed E-state index contributed by atoms with van der Waals surface area (Å²) >= 11 is 0. The highest BCUT2D eigenvalue weighted by Gasteiger charge is 2.38. The van der Waals surface area contributed by atoms with Gasteiger partial charge >= 0.3 is 0 Å². The Labute approximate surface area is 174 Å². The predicted octanol–water partition coefficient (Wildman–Crippen LogP) is 1.93. The van der Waals surface area contributed by atoms with E-state index in [1.165, 1.54) is 12.1 Å². The first-order valence-corrected chi connectivity index (χ1v) is 10.3. The van der Waals surface area contributed by atoms with Crippen molar-refractivity contribution < 1.29 is 19.0 Å². The standard InChI is InChI=1S/C22H25FN4O3/c1-22(16-2-4-17(23)5-3-16)11-14-10-15(12-24-19(14)25-22)20(28)26-7-6-18(13-26)27-8-9-30-21(27)29/h2-5,10,12,18,21,29H,6-9,11,13H2,1H3,(H,24,25)/t18-,21?,22?/m0/s1. The Morgan fingerprint density at radius 2 is 2.13 bits per heavy atom. The molecule has 2 unspecified atom stereocenters. The Morgan fingerprint density at radius 3 is 2.87 bits per heavy atom. The van der Waals surface area contributed by atoms with Gasteiger partial charge < -0.3 is 20.1 Å². The molecule has 1 amide bonds. The average molecular weight is 412 g/mol. The summed E-state index contributed by atoms with van der Waals surface area (Å²) in [7, 11) is 0. The lowest BCUT2D eigenvalue weighted by Gasteiger charge is -2.25. The van der Waals surface area contributed by atoms with Crippen LogP contribution in [0.25, 0.3) is 0 Å². The van der Waals surface area contributed by atoms with Gasteiger partial charge in [0.1, 0.15) is 11.6 Å². The molecule has 0 aliphatic carbocycles. The van der Waals surface area contributed by atoms with Crippen molar-refractivity contribution in [3.05, 3.63) is 59.0 Å². The Bertz CT molecular complexity index is 969. The number of ether oxygens (including phenoxy) is 1. The fourth-order valence-electron chi connectivity index (χ4n) is 4.77. The number of nitrogens with one attached hydrogen (secondary N) is 1. The van der Waals surface area contributed by atoms with E-state index in [1.54, 1.807) is 18.3 Å². The maximum atomic E-state index is 13.3. The molecule has 0 radical (unpaired) electrons. The van der Waals surface area contributed by atoms with Crippen LogP contribution in [0, 0.1) is 5.82 Å². The van der Waals surface area contributed by atoms with Crippen LogP contribution in [0.5, 0.6) is 0 Å². The number of likely N-dealkylation sites (tertiary alicyclic amines) is 1. The van der Waals surface area contributed by atoms with Crippen molar-refractivity contribution in [2.45, 2.75) is 37.8 Å². The van der Waals surface area contributed by atoms with Crippen LogP contribution in [0.15, 0.2) is 36.5 Å². The number of aliphatic hydroxyl groups is 1. The van der Waals surface area contributed by atoms with Crippen LogP contribution in [-0.2, 0) is 16.7 Å². The van der Waals surface area contributed by atoms with Crippen molar-refractivity contribution in [3.63, 3.8) is 0 Å². The molecule has 2 aromatic rings. The summed E-state index contributed by atoms with van der Waals surface area (Å²) in [5.41, 5.74) is 2.13. The number of pyridine rings is 1. The van der Waals surface area contributed by atoms with Crippen LogP contribution in [0.4, 0.5) is 10.2 Å². The van der Waals surface area contributed by atoms with Crippen molar-refractivity contribution in [1.29, 1.82) is 0 Å². The molecule has 5 rings (SSSR count). The molecule has 4 heterocycles.